The number of amides is 1. The molecule has 2 heterocycles. The fraction of sp³-hybridized carbons (Fsp3) is 0.150. The minimum absolute atomic E-state index is 0.247. The Bertz CT molecular complexity index is 1070. The number of carbonyl (C=O) groups is 1. The number of aryl methyl sites for hydroxylation is 1. The minimum Gasteiger partial charge on any atom is -0.269 e. The zero-order valence-electron chi connectivity index (χ0n) is 15.2. The van der Waals surface area contributed by atoms with E-state index in [1.165, 1.54) is 21.9 Å². The van der Waals surface area contributed by atoms with E-state index in [0.717, 1.165) is 15.7 Å². The number of thiazole rings is 1. The number of carbonyl (C=O) groups excluding carboxylic acids is 1. The number of aromatic nitrogens is 1. The van der Waals surface area contributed by atoms with Crippen molar-refractivity contribution in [2.75, 3.05) is 5.01 Å². The minimum atomic E-state index is -0.727. The number of nitrogens with zero attached hydrogens (tertiary/aromatic N) is 5. The van der Waals surface area contributed by atoms with E-state index in [1.807, 2.05) is 60.8 Å². The fourth-order valence-electron chi connectivity index (χ4n) is 2.68. The third-order valence-corrected chi connectivity index (χ3v) is 5.58. The Morgan fingerprint density at radius 2 is 1.79 bits per heavy atom. The van der Waals surface area contributed by atoms with Gasteiger partial charge in [-0.3, -0.25) is 4.79 Å². The molecule has 6 nitrogen and oxygen atoms in total. The molecule has 0 saturated heterocycles. The Morgan fingerprint density at radius 1 is 1.07 bits per heavy atom. The first-order chi connectivity index (χ1) is 13.5. The molecule has 8 heteroatoms. The summed E-state index contributed by atoms with van der Waals surface area (Å²) in [6.45, 7) is 3.82. The third kappa shape index (κ3) is 3.79. The SMILES string of the molecule is CC1=NN(c2nc(-c3ccc(C)cc3)cs2)C(=O)C1N=Nc1ccc(Br)cc1. The predicted molar refractivity (Wildman–Crippen MR) is 115 cm³/mol. The number of hydrogen-bond donors (Lipinski definition) is 0. The number of anilines is 1. The van der Waals surface area contributed by atoms with Crippen LogP contribution in [0, 0.1) is 6.92 Å². The summed E-state index contributed by atoms with van der Waals surface area (Å²) in [6, 6.07) is 14.8. The first-order valence-electron chi connectivity index (χ1n) is 8.59. The van der Waals surface area contributed by atoms with Crippen LogP contribution in [0.25, 0.3) is 11.3 Å². The Morgan fingerprint density at radius 3 is 2.50 bits per heavy atom. The van der Waals surface area contributed by atoms with Crippen molar-refractivity contribution in [3.63, 3.8) is 0 Å². The van der Waals surface area contributed by atoms with Gasteiger partial charge in [-0.1, -0.05) is 45.8 Å². The van der Waals surface area contributed by atoms with Crippen LogP contribution in [0.5, 0.6) is 0 Å². The molecule has 28 heavy (non-hydrogen) atoms. The summed E-state index contributed by atoms with van der Waals surface area (Å²) in [5, 5.41) is 16.5. The predicted octanol–water partition coefficient (Wildman–Crippen LogP) is 5.76. The van der Waals surface area contributed by atoms with E-state index in [-0.39, 0.29) is 5.91 Å². The smallest absolute Gasteiger partial charge is 0.269 e. The van der Waals surface area contributed by atoms with E-state index in [9.17, 15) is 4.79 Å². The molecule has 0 radical (unpaired) electrons. The van der Waals surface area contributed by atoms with Crippen LogP contribution in [0.1, 0.15) is 12.5 Å². The van der Waals surface area contributed by atoms with Crippen LogP contribution in [0.4, 0.5) is 10.8 Å². The number of hydrogen-bond acceptors (Lipinski definition) is 6. The summed E-state index contributed by atoms with van der Waals surface area (Å²) < 4.78 is 0.959. The molecule has 140 valence electrons. The molecule has 4 rings (SSSR count). The maximum absolute atomic E-state index is 12.8. The molecule has 2 aromatic carbocycles. The normalized spacial score (nSPS) is 16.8. The van der Waals surface area contributed by atoms with Gasteiger partial charge in [-0.05, 0) is 38.1 Å². The van der Waals surface area contributed by atoms with Crippen LogP contribution in [-0.2, 0) is 4.79 Å². The molecule has 3 aromatic rings. The van der Waals surface area contributed by atoms with Crippen molar-refractivity contribution in [2.45, 2.75) is 19.9 Å². The number of hydrazone groups is 1. The summed E-state index contributed by atoms with van der Waals surface area (Å²) in [6.07, 6.45) is 0. The molecular formula is C20H16BrN5OS. The van der Waals surface area contributed by atoms with Gasteiger partial charge in [-0.2, -0.15) is 20.3 Å². The average Bonchev–Trinajstić information content (AvgIpc) is 3.27. The van der Waals surface area contributed by atoms with Gasteiger partial charge in [0, 0.05) is 15.4 Å². The zero-order valence-corrected chi connectivity index (χ0v) is 17.6. The van der Waals surface area contributed by atoms with E-state index in [1.54, 1.807) is 6.92 Å². The van der Waals surface area contributed by atoms with Gasteiger partial charge < -0.3 is 0 Å². The lowest BCUT2D eigenvalue weighted by molar-refractivity contribution is -0.117. The highest BCUT2D eigenvalue weighted by atomic mass is 79.9. The van der Waals surface area contributed by atoms with Crippen LogP contribution >= 0.6 is 27.3 Å². The zero-order chi connectivity index (χ0) is 19.7. The topological polar surface area (TPSA) is 70.3 Å². The first kappa shape index (κ1) is 18.6. The van der Waals surface area contributed by atoms with Crippen molar-refractivity contribution in [3.05, 3.63) is 63.9 Å². The molecule has 1 aliphatic heterocycles. The van der Waals surface area contributed by atoms with Crippen molar-refractivity contribution >= 4 is 49.7 Å². The second-order valence-corrected chi connectivity index (χ2v) is 8.12. The Hall–Kier alpha value is -2.71. The van der Waals surface area contributed by atoms with E-state index in [4.69, 9.17) is 0 Å². The standard InChI is InChI=1S/C20H16BrN5OS/c1-12-3-5-14(6-4-12)17-11-28-20(22-17)26-19(27)18(13(2)25-26)24-23-16-9-7-15(21)8-10-16/h3-11,18H,1-2H3. The second-order valence-electron chi connectivity index (χ2n) is 6.37. The summed E-state index contributed by atoms with van der Waals surface area (Å²) in [4.78, 5) is 17.4. The third-order valence-electron chi connectivity index (χ3n) is 4.23. The molecule has 1 aliphatic rings. The molecule has 0 spiro atoms. The van der Waals surface area contributed by atoms with Crippen molar-refractivity contribution in [1.29, 1.82) is 0 Å². The molecule has 0 bridgehead atoms. The highest BCUT2D eigenvalue weighted by Gasteiger charge is 2.36. The van der Waals surface area contributed by atoms with Gasteiger partial charge in [0.05, 0.1) is 17.1 Å². The van der Waals surface area contributed by atoms with Crippen LogP contribution in [0.3, 0.4) is 0 Å². The van der Waals surface area contributed by atoms with Crippen LogP contribution in [-0.4, -0.2) is 22.6 Å². The second kappa shape index (κ2) is 7.73. The molecule has 1 atom stereocenters. The molecule has 1 unspecified atom stereocenters. The lowest BCUT2D eigenvalue weighted by Gasteiger charge is -2.08. The highest BCUT2D eigenvalue weighted by molar-refractivity contribution is 9.10. The maximum Gasteiger partial charge on any atom is 0.282 e. The summed E-state index contributed by atoms with van der Waals surface area (Å²) in [5.41, 5.74) is 4.29. The Kier molecular flexibility index (Phi) is 5.15. The van der Waals surface area contributed by atoms with E-state index in [2.05, 4.69) is 36.2 Å². The maximum atomic E-state index is 12.8. The number of halogens is 1. The van der Waals surface area contributed by atoms with Crippen LogP contribution < -0.4 is 5.01 Å². The Balaban J connectivity index is 1.53. The van der Waals surface area contributed by atoms with Crippen LogP contribution in [0.15, 0.2) is 73.7 Å². The van der Waals surface area contributed by atoms with Crippen molar-refractivity contribution < 1.29 is 4.79 Å². The summed E-state index contributed by atoms with van der Waals surface area (Å²) >= 11 is 4.76. The summed E-state index contributed by atoms with van der Waals surface area (Å²) in [5.74, 6) is -0.247. The lowest BCUT2D eigenvalue weighted by Crippen LogP contribution is -2.29. The molecular weight excluding hydrogens is 438 g/mol. The van der Waals surface area contributed by atoms with Crippen molar-refractivity contribution in [3.8, 4) is 11.3 Å². The molecule has 1 amide bonds. The molecule has 0 N–H and O–H groups in total. The monoisotopic (exact) mass is 453 g/mol. The first-order valence-corrected chi connectivity index (χ1v) is 10.3. The van der Waals surface area contributed by atoms with Crippen molar-refractivity contribution in [2.24, 2.45) is 15.3 Å². The largest absolute Gasteiger partial charge is 0.282 e. The van der Waals surface area contributed by atoms with Gasteiger partial charge in [0.2, 0.25) is 5.13 Å². The van der Waals surface area contributed by atoms with Gasteiger partial charge in [0.25, 0.3) is 5.91 Å². The van der Waals surface area contributed by atoms with Gasteiger partial charge in [-0.25, -0.2) is 4.98 Å². The molecule has 0 saturated carbocycles. The van der Waals surface area contributed by atoms with Gasteiger partial charge >= 0.3 is 0 Å². The van der Waals surface area contributed by atoms with E-state index >= 15 is 0 Å². The van der Waals surface area contributed by atoms with E-state index < -0.39 is 6.04 Å². The summed E-state index contributed by atoms with van der Waals surface area (Å²) in [7, 11) is 0. The van der Waals surface area contributed by atoms with E-state index in [0.29, 0.717) is 16.5 Å². The molecule has 0 fully saturated rings. The Labute approximate surface area is 174 Å². The molecule has 0 aliphatic carbocycles. The fourth-order valence-corrected chi connectivity index (χ4v) is 3.73. The van der Waals surface area contributed by atoms with Crippen molar-refractivity contribution in [1.82, 2.24) is 4.98 Å². The van der Waals surface area contributed by atoms with Gasteiger partial charge in [0.15, 0.2) is 6.04 Å². The number of benzene rings is 2. The van der Waals surface area contributed by atoms with Crippen LogP contribution in [0.2, 0.25) is 0 Å². The molecule has 1 aromatic heterocycles. The number of azo groups is 1. The van der Waals surface area contributed by atoms with Gasteiger partial charge in [-0.15, -0.1) is 11.3 Å². The number of rotatable bonds is 4. The average molecular weight is 454 g/mol. The highest BCUT2D eigenvalue weighted by Crippen LogP contribution is 2.31. The van der Waals surface area contributed by atoms with Gasteiger partial charge in [0.1, 0.15) is 0 Å². The lowest BCUT2D eigenvalue weighted by atomic mass is 10.1. The quantitative estimate of drug-likeness (QED) is 0.471.